The van der Waals surface area contributed by atoms with Crippen LogP contribution in [0.4, 0.5) is 0 Å². The molecule has 0 aliphatic heterocycles. The molecule has 2 N–H and O–H groups in total. The maximum absolute atomic E-state index is 12.2. The monoisotopic (exact) mass is 343 g/mol. The van der Waals surface area contributed by atoms with Crippen LogP contribution in [0.25, 0.3) is 10.8 Å². The Balaban J connectivity index is 1.64. The number of carbonyl (C=O) groups excluding carboxylic acids is 2. The predicted octanol–water partition coefficient (Wildman–Crippen LogP) is 1.77. The van der Waals surface area contributed by atoms with E-state index in [0.29, 0.717) is 16.7 Å². The van der Waals surface area contributed by atoms with Crippen molar-refractivity contribution in [3.8, 4) is 0 Å². The van der Waals surface area contributed by atoms with Crippen molar-refractivity contribution in [1.82, 2.24) is 15.5 Å². The summed E-state index contributed by atoms with van der Waals surface area (Å²) in [7, 11) is 0. The van der Waals surface area contributed by atoms with Gasteiger partial charge in [-0.1, -0.05) is 38.0 Å². The molecule has 1 aliphatic carbocycles. The number of nitrogens with one attached hydrogen (secondary N) is 2. The van der Waals surface area contributed by atoms with Gasteiger partial charge < -0.3 is 10.1 Å². The van der Waals surface area contributed by atoms with Crippen LogP contribution in [0.15, 0.2) is 29.1 Å². The van der Waals surface area contributed by atoms with Crippen LogP contribution in [0.3, 0.4) is 0 Å². The van der Waals surface area contributed by atoms with Gasteiger partial charge in [0.15, 0.2) is 12.3 Å². The van der Waals surface area contributed by atoms with E-state index in [1.807, 2.05) is 0 Å². The molecule has 0 unspecified atom stereocenters. The van der Waals surface area contributed by atoms with Crippen LogP contribution in [0.5, 0.6) is 0 Å². The highest BCUT2D eigenvalue weighted by molar-refractivity contribution is 6.02. The number of H-pyrrole nitrogens is 1. The number of benzene rings is 1. The lowest BCUT2D eigenvalue weighted by Gasteiger charge is -2.29. The largest absolute Gasteiger partial charge is 0.451 e. The molecule has 1 aliphatic rings. The summed E-state index contributed by atoms with van der Waals surface area (Å²) in [6.45, 7) is 1.75. The first kappa shape index (κ1) is 17.1. The zero-order valence-corrected chi connectivity index (χ0v) is 14.1. The third kappa shape index (κ3) is 3.87. The van der Waals surface area contributed by atoms with Crippen LogP contribution >= 0.6 is 0 Å². The average molecular weight is 343 g/mol. The Labute approximate surface area is 144 Å². The van der Waals surface area contributed by atoms with E-state index in [2.05, 4.69) is 22.4 Å². The van der Waals surface area contributed by atoms with Gasteiger partial charge in [-0.05, 0) is 24.8 Å². The molecule has 1 heterocycles. The number of amides is 1. The lowest BCUT2D eigenvalue weighted by molar-refractivity contribution is -0.125. The topological polar surface area (TPSA) is 101 Å². The second-order valence-corrected chi connectivity index (χ2v) is 6.46. The van der Waals surface area contributed by atoms with E-state index in [1.165, 1.54) is 6.42 Å². The van der Waals surface area contributed by atoms with Crippen molar-refractivity contribution >= 4 is 22.6 Å². The molecule has 0 bridgehead atoms. The molecule has 1 saturated carbocycles. The molecule has 2 aromatic rings. The average Bonchev–Trinajstić information content (AvgIpc) is 2.62. The van der Waals surface area contributed by atoms with Crippen molar-refractivity contribution in [3.63, 3.8) is 0 Å². The molecule has 7 heteroatoms. The summed E-state index contributed by atoms with van der Waals surface area (Å²) in [5, 5.41) is 9.72. The van der Waals surface area contributed by atoms with Gasteiger partial charge in [0.2, 0.25) is 0 Å². The lowest BCUT2D eigenvalue weighted by atomic mass is 9.86. The highest BCUT2D eigenvalue weighted by atomic mass is 16.5. The van der Waals surface area contributed by atoms with Crippen molar-refractivity contribution in [2.45, 2.75) is 38.6 Å². The van der Waals surface area contributed by atoms with Crippen molar-refractivity contribution in [2.75, 3.05) is 6.61 Å². The van der Waals surface area contributed by atoms with Crippen LogP contribution in [0.1, 0.15) is 43.1 Å². The number of nitrogens with zero attached hydrogens (tertiary/aromatic N) is 1. The Kier molecular flexibility index (Phi) is 5.11. The number of esters is 1. The smallest absolute Gasteiger partial charge is 0.359 e. The summed E-state index contributed by atoms with van der Waals surface area (Å²) in [5.41, 5.74) is -0.384. The second-order valence-electron chi connectivity index (χ2n) is 6.46. The summed E-state index contributed by atoms with van der Waals surface area (Å²) < 4.78 is 5.08. The summed E-state index contributed by atoms with van der Waals surface area (Å²) in [6, 6.07) is 6.76. The molecular weight excluding hydrogens is 322 g/mol. The number of aromatic nitrogens is 2. The van der Waals surface area contributed by atoms with E-state index >= 15 is 0 Å². The van der Waals surface area contributed by atoms with Crippen LogP contribution in [0, 0.1) is 5.92 Å². The fourth-order valence-electron chi connectivity index (χ4n) is 3.25. The Morgan fingerprint density at radius 1 is 1.24 bits per heavy atom. The van der Waals surface area contributed by atoms with E-state index in [1.54, 1.807) is 24.3 Å². The molecule has 1 fully saturated rings. The second kappa shape index (κ2) is 7.46. The molecule has 2 atom stereocenters. The van der Waals surface area contributed by atoms with Crippen LogP contribution in [0.2, 0.25) is 0 Å². The van der Waals surface area contributed by atoms with Crippen molar-refractivity contribution in [3.05, 3.63) is 40.3 Å². The predicted molar refractivity (Wildman–Crippen MR) is 92.2 cm³/mol. The van der Waals surface area contributed by atoms with Crippen molar-refractivity contribution in [1.29, 1.82) is 0 Å². The minimum atomic E-state index is -0.737. The van der Waals surface area contributed by atoms with Gasteiger partial charge in [-0.3, -0.25) is 9.59 Å². The summed E-state index contributed by atoms with van der Waals surface area (Å²) >= 11 is 0. The maximum atomic E-state index is 12.2. The summed E-state index contributed by atoms with van der Waals surface area (Å²) in [5.74, 6) is -0.627. The first-order chi connectivity index (χ1) is 12.1. The third-order valence-corrected chi connectivity index (χ3v) is 4.68. The van der Waals surface area contributed by atoms with E-state index in [-0.39, 0.29) is 29.8 Å². The fourth-order valence-corrected chi connectivity index (χ4v) is 3.25. The number of rotatable bonds is 4. The first-order valence-corrected chi connectivity index (χ1v) is 8.50. The molecule has 0 radical (unpaired) electrons. The van der Waals surface area contributed by atoms with Crippen molar-refractivity contribution in [2.24, 2.45) is 5.92 Å². The van der Waals surface area contributed by atoms with Gasteiger partial charge in [0, 0.05) is 11.4 Å². The number of hydrogen-bond donors (Lipinski definition) is 2. The zero-order chi connectivity index (χ0) is 17.8. The Morgan fingerprint density at radius 3 is 2.72 bits per heavy atom. The van der Waals surface area contributed by atoms with E-state index < -0.39 is 5.97 Å². The molecule has 1 aromatic carbocycles. The zero-order valence-electron chi connectivity index (χ0n) is 14.1. The van der Waals surface area contributed by atoms with Gasteiger partial charge in [0.1, 0.15) is 0 Å². The molecule has 3 rings (SSSR count). The lowest BCUT2D eigenvalue weighted by Crippen LogP contribution is -2.42. The fraction of sp³-hybridized carbons (Fsp3) is 0.444. The molecule has 1 amide bonds. The summed E-state index contributed by atoms with van der Waals surface area (Å²) in [6.07, 6.45) is 4.33. The third-order valence-electron chi connectivity index (χ3n) is 4.68. The molecule has 0 saturated heterocycles. The van der Waals surface area contributed by atoms with Crippen molar-refractivity contribution < 1.29 is 14.3 Å². The van der Waals surface area contributed by atoms with Gasteiger partial charge in [-0.15, -0.1) is 0 Å². The van der Waals surface area contributed by atoms with E-state index in [0.717, 1.165) is 19.3 Å². The van der Waals surface area contributed by atoms with Gasteiger partial charge in [-0.2, -0.15) is 5.10 Å². The molecular formula is C18H21N3O4. The standard InChI is InChI=1S/C18H21N3O4/c1-11-6-2-5-9-14(11)19-15(22)10-25-18(24)16-12-7-3-4-8-13(12)17(23)21-20-16/h3-4,7-8,11,14H,2,5-6,9-10H2,1H3,(H,19,22)(H,21,23)/t11-,14+/m1/s1. The normalized spacial score (nSPS) is 20.2. The van der Waals surface area contributed by atoms with Gasteiger partial charge in [-0.25, -0.2) is 9.89 Å². The molecule has 7 nitrogen and oxygen atoms in total. The molecule has 1 aromatic heterocycles. The van der Waals surface area contributed by atoms with Gasteiger partial charge >= 0.3 is 5.97 Å². The molecule has 25 heavy (non-hydrogen) atoms. The van der Waals surface area contributed by atoms with Crippen LogP contribution < -0.4 is 10.9 Å². The quantitative estimate of drug-likeness (QED) is 0.824. The van der Waals surface area contributed by atoms with Gasteiger partial charge in [0.25, 0.3) is 11.5 Å². The molecule has 132 valence electrons. The minimum Gasteiger partial charge on any atom is -0.451 e. The number of ether oxygens (including phenoxy) is 1. The maximum Gasteiger partial charge on any atom is 0.359 e. The highest BCUT2D eigenvalue weighted by Gasteiger charge is 2.23. The van der Waals surface area contributed by atoms with E-state index in [9.17, 15) is 14.4 Å². The highest BCUT2D eigenvalue weighted by Crippen LogP contribution is 2.23. The Bertz CT molecular complexity index is 846. The SMILES string of the molecule is C[C@@H]1CCCC[C@@H]1NC(=O)COC(=O)c1n[nH]c(=O)c2ccccc12. The number of hydrogen-bond acceptors (Lipinski definition) is 5. The summed E-state index contributed by atoms with van der Waals surface area (Å²) in [4.78, 5) is 36.0. The van der Waals surface area contributed by atoms with Crippen LogP contribution in [-0.4, -0.2) is 34.7 Å². The van der Waals surface area contributed by atoms with E-state index in [4.69, 9.17) is 4.74 Å². The van der Waals surface area contributed by atoms with Gasteiger partial charge in [0.05, 0.1) is 5.39 Å². The molecule has 0 spiro atoms. The van der Waals surface area contributed by atoms with Crippen LogP contribution in [-0.2, 0) is 9.53 Å². The number of carbonyl (C=O) groups is 2. The number of fused-ring (bicyclic) bond motifs is 1. The minimum absolute atomic E-state index is 0.00552. The Morgan fingerprint density at radius 2 is 1.96 bits per heavy atom. The Hall–Kier alpha value is -2.70. The number of aromatic amines is 1. The first-order valence-electron chi connectivity index (χ1n) is 8.50.